The van der Waals surface area contributed by atoms with E-state index in [1.165, 1.54) is 50.2 Å². The topological polar surface area (TPSA) is 18.5 Å². The smallest absolute Gasteiger partial charge is 0.201 e. The maximum Gasteiger partial charge on any atom is 0.201 e. The minimum Gasteiger partial charge on any atom is -0.491 e. The van der Waals surface area contributed by atoms with Crippen molar-refractivity contribution in [2.24, 2.45) is 11.8 Å². The first-order chi connectivity index (χ1) is 16.1. The molecule has 0 amide bonds. The molecule has 4 rings (SSSR count). The highest BCUT2D eigenvalue weighted by Gasteiger charge is 2.31. The maximum atomic E-state index is 14.6. The van der Waals surface area contributed by atoms with E-state index in [2.05, 4.69) is 18.7 Å². The summed E-state index contributed by atoms with van der Waals surface area (Å²) in [6, 6.07) is 11.1. The summed E-state index contributed by atoms with van der Waals surface area (Å²) in [5, 5.41) is 0. The molecule has 1 saturated carbocycles. The standard InChI is InChI=1S/C29H36F2O2/c1-3-5-6-25-16-15-24(19-33-25)22-9-7-20(8-10-22)21-11-13-23(14-12-21)26-17-18-27(32-4-2)29(31)28(26)30/h3,11-14,17-18,20,22,24-25H,1,4-10,15-16,19H2,2H3. The first-order valence-corrected chi connectivity index (χ1v) is 12.5. The SMILES string of the molecule is C=CCCC1CCC(C2CCC(c3ccc(-c4ccc(OCC)c(F)c4F)cc3)CC2)CO1. The highest BCUT2D eigenvalue weighted by atomic mass is 19.2. The van der Waals surface area contributed by atoms with Gasteiger partial charge in [-0.1, -0.05) is 30.3 Å². The maximum absolute atomic E-state index is 14.6. The van der Waals surface area contributed by atoms with Crippen LogP contribution in [-0.4, -0.2) is 19.3 Å². The van der Waals surface area contributed by atoms with Gasteiger partial charge in [-0.15, -0.1) is 6.58 Å². The van der Waals surface area contributed by atoms with Gasteiger partial charge in [0.2, 0.25) is 5.82 Å². The molecule has 0 N–H and O–H groups in total. The second-order valence-corrected chi connectivity index (χ2v) is 9.56. The van der Waals surface area contributed by atoms with E-state index in [1.54, 1.807) is 13.0 Å². The Morgan fingerprint density at radius 2 is 1.67 bits per heavy atom. The van der Waals surface area contributed by atoms with E-state index < -0.39 is 11.6 Å². The molecule has 1 aliphatic carbocycles. The van der Waals surface area contributed by atoms with Gasteiger partial charge in [0, 0.05) is 5.56 Å². The lowest BCUT2D eigenvalue weighted by atomic mass is 9.72. The van der Waals surface area contributed by atoms with Crippen molar-refractivity contribution >= 4 is 0 Å². The van der Waals surface area contributed by atoms with E-state index in [1.807, 2.05) is 18.2 Å². The highest BCUT2D eigenvalue weighted by Crippen LogP contribution is 2.42. The molecule has 1 aliphatic heterocycles. The monoisotopic (exact) mass is 454 g/mol. The number of benzene rings is 2. The van der Waals surface area contributed by atoms with Crippen LogP contribution in [0.5, 0.6) is 5.75 Å². The molecule has 2 aromatic rings. The number of rotatable bonds is 8. The first kappa shape index (κ1) is 23.9. The fraction of sp³-hybridized carbons (Fsp3) is 0.517. The molecule has 2 fully saturated rings. The zero-order valence-corrected chi connectivity index (χ0v) is 19.7. The lowest BCUT2D eigenvalue weighted by Crippen LogP contribution is -2.32. The molecule has 33 heavy (non-hydrogen) atoms. The van der Waals surface area contributed by atoms with E-state index in [0.717, 1.165) is 25.4 Å². The molecule has 178 valence electrons. The Bertz CT molecular complexity index is 908. The summed E-state index contributed by atoms with van der Waals surface area (Å²) in [4.78, 5) is 0. The zero-order valence-electron chi connectivity index (χ0n) is 19.7. The number of hydrogen-bond acceptors (Lipinski definition) is 2. The van der Waals surface area contributed by atoms with Gasteiger partial charge in [-0.3, -0.25) is 0 Å². The van der Waals surface area contributed by atoms with Crippen LogP contribution in [0.1, 0.15) is 69.8 Å². The van der Waals surface area contributed by atoms with Gasteiger partial charge >= 0.3 is 0 Å². The van der Waals surface area contributed by atoms with E-state index in [0.29, 0.717) is 30.1 Å². The minimum atomic E-state index is -0.921. The van der Waals surface area contributed by atoms with Crippen molar-refractivity contribution in [3.05, 3.63) is 66.3 Å². The van der Waals surface area contributed by atoms with Gasteiger partial charge in [0.25, 0.3) is 0 Å². The van der Waals surface area contributed by atoms with Crippen molar-refractivity contribution < 1.29 is 18.3 Å². The van der Waals surface area contributed by atoms with Gasteiger partial charge in [0.15, 0.2) is 11.6 Å². The fourth-order valence-corrected chi connectivity index (χ4v) is 5.61. The summed E-state index contributed by atoms with van der Waals surface area (Å²) >= 11 is 0. The Morgan fingerprint density at radius 1 is 0.939 bits per heavy atom. The second-order valence-electron chi connectivity index (χ2n) is 9.56. The number of allylic oxidation sites excluding steroid dienone is 1. The summed E-state index contributed by atoms with van der Waals surface area (Å²) in [7, 11) is 0. The second kappa shape index (κ2) is 11.3. The Morgan fingerprint density at radius 3 is 2.30 bits per heavy atom. The lowest BCUT2D eigenvalue weighted by molar-refractivity contribution is -0.0401. The van der Waals surface area contributed by atoms with Crippen LogP contribution >= 0.6 is 0 Å². The molecule has 0 spiro atoms. The third kappa shape index (κ3) is 5.66. The average Bonchev–Trinajstić information content (AvgIpc) is 2.86. The largest absolute Gasteiger partial charge is 0.491 e. The van der Waals surface area contributed by atoms with Crippen LogP contribution in [0.15, 0.2) is 49.1 Å². The van der Waals surface area contributed by atoms with Gasteiger partial charge in [-0.05, 0) is 99.3 Å². The Balaban J connectivity index is 1.32. The number of ether oxygens (including phenoxy) is 2. The summed E-state index contributed by atoms with van der Waals surface area (Å²) in [5.41, 5.74) is 2.26. The molecule has 2 nitrogen and oxygen atoms in total. The third-order valence-corrected chi connectivity index (χ3v) is 7.58. The average molecular weight is 455 g/mol. The van der Waals surface area contributed by atoms with E-state index in [9.17, 15) is 8.78 Å². The molecular formula is C29H36F2O2. The molecule has 2 atom stereocenters. The lowest BCUT2D eigenvalue weighted by Gasteiger charge is -2.38. The Labute approximate surface area is 197 Å². The van der Waals surface area contributed by atoms with Crippen molar-refractivity contribution in [2.45, 2.75) is 70.3 Å². The molecule has 2 unspecified atom stereocenters. The van der Waals surface area contributed by atoms with Crippen molar-refractivity contribution in [2.75, 3.05) is 13.2 Å². The van der Waals surface area contributed by atoms with Gasteiger partial charge in [0.1, 0.15) is 0 Å². The predicted molar refractivity (Wildman–Crippen MR) is 130 cm³/mol. The summed E-state index contributed by atoms with van der Waals surface area (Å²) in [6.45, 7) is 6.78. The molecule has 2 aromatic carbocycles. The molecule has 0 radical (unpaired) electrons. The molecule has 4 heteroatoms. The van der Waals surface area contributed by atoms with Gasteiger partial charge in [-0.2, -0.15) is 4.39 Å². The first-order valence-electron chi connectivity index (χ1n) is 12.5. The van der Waals surface area contributed by atoms with Crippen LogP contribution in [0.2, 0.25) is 0 Å². The highest BCUT2D eigenvalue weighted by molar-refractivity contribution is 5.65. The normalized spacial score (nSPS) is 25.5. The van der Waals surface area contributed by atoms with Crippen molar-refractivity contribution in [1.29, 1.82) is 0 Å². The molecule has 1 heterocycles. The van der Waals surface area contributed by atoms with Crippen LogP contribution in [0.3, 0.4) is 0 Å². The molecule has 1 saturated heterocycles. The summed E-state index contributed by atoms with van der Waals surface area (Å²) < 4.78 is 40.1. The van der Waals surface area contributed by atoms with E-state index in [-0.39, 0.29) is 11.3 Å². The molecule has 2 aliphatic rings. The summed E-state index contributed by atoms with van der Waals surface area (Å²) in [6.07, 6.45) is 11.9. The quantitative estimate of drug-likeness (QED) is 0.376. The van der Waals surface area contributed by atoms with Crippen LogP contribution in [-0.2, 0) is 4.74 Å². The molecule has 0 aromatic heterocycles. The van der Waals surface area contributed by atoms with E-state index in [4.69, 9.17) is 9.47 Å². The summed E-state index contributed by atoms with van der Waals surface area (Å²) in [5.74, 6) is 0.198. The van der Waals surface area contributed by atoms with E-state index >= 15 is 0 Å². The van der Waals surface area contributed by atoms with Gasteiger partial charge < -0.3 is 9.47 Å². The number of halogens is 2. The Hall–Kier alpha value is -2.20. The third-order valence-electron chi connectivity index (χ3n) is 7.58. The van der Waals surface area contributed by atoms with Crippen LogP contribution < -0.4 is 4.74 Å². The Kier molecular flexibility index (Phi) is 8.19. The number of hydrogen-bond donors (Lipinski definition) is 0. The van der Waals surface area contributed by atoms with Crippen LogP contribution in [0, 0.1) is 23.5 Å². The zero-order chi connectivity index (χ0) is 23.2. The molecular weight excluding hydrogens is 418 g/mol. The fourth-order valence-electron chi connectivity index (χ4n) is 5.61. The van der Waals surface area contributed by atoms with Gasteiger partial charge in [0.05, 0.1) is 19.3 Å². The minimum absolute atomic E-state index is 0.0391. The predicted octanol–water partition coefficient (Wildman–Crippen LogP) is 8.07. The molecule has 0 bridgehead atoms. The van der Waals surface area contributed by atoms with Crippen LogP contribution in [0.4, 0.5) is 8.78 Å². The van der Waals surface area contributed by atoms with Crippen molar-refractivity contribution in [3.8, 4) is 16.9 Å². The van der Waals surface area contributed by atoms with Crippen LogP contribution in [0.25, 0.3) is 11.1 Å². The van der Waals surface area contributed by atoms with Crippen molar-refractivity contribution in [1.82, 2.24) is 0 Å². The van der Waals surface area contributed by atoms with Gasteiger partial charge in [-0.25, -0.2) is 4.39 Å². The van der Waals surface area contributed by atoms with Crippen molar-refractivity contribution in [3.63, 3.8) is 0 Å².